The van der Waals surface area contributed by atoms with E-state index in [9.17, 15) is 9.59 Å². The van der Waals surface area contributed by atoms with E-state index < -0.39 is 0 Å². The van der Waals surface area contributed by atoms with Crippen molar-refractivity contribution in [3.63, 3.8) is 0 Å². The predicted octanol–water partition coefficient (Wildman–Crippen LogP) is 4.80. The van der Waals surface area contributed by atoms with Gasteiger partial charge in [-0.05, 0) is 30.5 Å². The molecule has 0 fully saturated rings. The van der Waals surface area contributed by atoms with Crippen LogP contribution in [0.5, 0.6) is 5.75 Å². The number of aryl methyl sites for hydroxylation is 1. The van der Waals surface area contributed by atoms with Crippen molar-refractivity contribution < 1.29 is 14.3 Å². The number of benzene rings is 2. The van der Waals surface area contributed by atoms with Crippen molar-refractivity contribution in [2.75, 3.05) is 17.7 Å². The van der Waals surface area contributed by atoms with Gasteiger partial charge in [0.25, 0.3) is 5.91 Å². The van der Waals surface area contributed by atoms with E-state index in [0.29, 0.717) is 27.8 Å². The first kappa shape index (κ1) is 27.3. The average molecular weight is 551 g/mol. The lowest BCUT2D eigenvalue weighted by Crippen LogP contribution is -2.29. The zero-order chi connectivity index (χ0) is 27.1. The molecule has 0 spiro atoms. The van der Waals surface area contributed by atoms with Crippen LogP contribution in [-0.2, 0) is 23.2 Å². The zero-order valence-electron chi connectivity index (χ0n) is 21.7. The molecule has 4 aromatic rings. The van der Waals surface area contributed by atoms with Gasteiger partial charge in [-0.2, -0.15) is 0 Å². The lowest BCUT2D eigenvalue weighted by molar-refractivity contribution is -0.123. The number of thiazole rings is 1. The summed E-state index contributed by atoms with van der Waals surface area (Å²) < 4.78 is 7.32. The third kappa shape index (κ3) is 7.20. The average Bonchev–Trinajstić information content (AvgIpc) is 3.46. The van der Waals surface area contributed by atoms with Gasteiger partial charge in [-0.1, -0.05) is 68.1 Å². The summed E-state index contributed by atoms with van der Waals surface area (Å²) in [7, 11) is 1.80. The highest BCUT2D eigenvalue weighted by molar-refractivity contribution is 7.99. The fourth-order valence-electron chi connectivity index (χ4n) is 3.55. The zero-order valence-corrected chi connectivity index (χ0v) is 23.4. The van der Waals surface area contributed by atoms with Gasteiger partial charge in [0.05, 0.1) is 18.0 Å². The molecule has 0 unspecified atom stereocenters. The minimum atomic E-state index is -0.261. The van der Waals surface area contributed by atoms with Crippen LogP contribution in [0.3, 0.4) is 0 Å². The van der Waals surface area contributed by atoms with Gasteiger partial charge in [0.15, 0.2) is 22.7 Å². The van der Waals surface area contributed by atoms with Crippen LogP contribution in [0.4, 0.5) is 5.13 Å². The van der Waals surface area contributed by atoms with E-state index in [1.807, 2.05) is 61.5 Å². The molecule has 0 saturated carbocycles. The Balaban J connectivity index is 1.22. The van der Waals surface area contributed by atoms with Gasteiger partial charge in [-0.25, -0.2) is 4.98 Å². The molecule has 0 bridgehead atoms. The molecule has 4 rings (SSSR count). The van der Waals surface area contributed by atoms with Crippen LogP contribution in [0.15, 0.2) is 59.8 Å². The van der Waals surface area contributed by atoms with Gasteiger partial charge in [0, 0.05) is 17.5 Å². The van der Waals surface area contributed by atoms with E-state index in [2.05, 4.69) is 39.7 Å². The summed E-state index contributed by atoms with van der Waals surface area (Å²) in [6.07, 6.45) is 0. The van der Waals surface area contributed by atoms with E-state index in [4.69, 9.17) is 4.74 Å². The largest absolute Gasteiger partial charge is 0.484 e. The van der Waals surface area contributed by atoms with Crippen LogP contribution in [0, 0.1) is 6.92 Å². The lowest BCUT2D eigenvalue weighted by atomic mass is 10.0. The normalized spacial score (nSPS) is 11.0. The van der Waals surface area contributed by atoms with Crippen molar-refractivity contribution in [3.05, 3.63) is 70.9 Å². The van der Waals surface area contributed by atoms with E-state index in [1.165, 1.54) is 28.7 Å². The molecule has 0 aliphatic carbocycles. The maximum Gasteiger partial charge on any atom is 0.258 e. The highest BCUT2D eigenvalue weighted by atomic mass is 32.2. The first-order valence-corrected chi connectivity index (χ1v) is 13.9. The monoisotopic (exact) mass is 550 g/mol. The molecule has 38 heavy (non-hydrogen) atoms. The third-order valence-electron chi connectivity index (χ3n) is 5.71. The number of thioether (sulfide) groups is 1. The summed E-state index contributed by atoms with van der Waals surface area (Å²) >= 11 is 2.71. The number of hydrogen-bond donors (Lipinski definition) is 2. The maximum absolute atomic E-state index is 12.5. The van der Waals surface area contributed by atoms with Gasteiger partial charge in [0.2, 0.25) is 5.91 Å². The molecule has 0 aliphatic rings. The Labute approximate surface area is 230 Å². The summed E-state index contributed by atoms with van der Waals surface area (Å²) in [5, 5.41) is 15.1. The minimum absolute atomic E-state index is 0.0944. The quantitative estimate of drug-likeness (QED) is 0.258. The highest BCUT2D eigenvalue weighted by Crippen LogP contribution is 2.30. The Morgan fingerprint density at radius 2 is 1.79 bits per heavy atom. The number of nitrogens with one attached hydrogen (secondary N) is 2. The Bertz CT molecular complexity index is 1380. The summed E-state index contributed by atoms with van der Waals surface area (Å²) in [6, 6.07) is 17.6. The molecule has 0 radical (unpaired) electrons. The maximum atomic E-state index is 12.5. The molecule has 2 aromatic carbocycles. The number of rotatable bonds is 11. The number of carbonyl (C=O) groups is 2. The predicted molar refractivity (Wildman–Crippen MR) is 151 cm³/mol. The SMILES string of the molecule is Cc1sc(NC(=O)CSc2nnc(CNC(=O)COc3ccc(C(C)C)cc3)n2C)nc1-c1ccccc1. The van der Waals surface area contributed by atoms with Crippen molar-refractivity contribution in [1.29, 1.82) is 0 Å². The van der Waals surface area contributed by atoms with E-state index in [1.54, 1.807) is 11.6 Å². The number of amides is 2. The van der Waals surface area contributed by atoms with Crippen molar-refractivity contribution in [2.45, 2.75) is 38.4 Å². The first-order valence-electron chi connectivity index (χ1n) is 12.1. The minimum Gasteiger partial charge on any atom is -0.484 e. The molecule has 0 aliphatic heterocycles. The van der Waals surface area contributed by atoms with Crippen LogP contribution in [0.1, 0.15) is 36.0 Å². The molecule has 2 amide bonds. The van der Waals surface area contributed by atoms with Crippen LogP contribution < -0.4 is 15.4 Å². The standard InChI is InChI=1S/C27H30N6O3S2/c1-17(2)19-10-12-21(13-11-19)36-15-23(34)28-14-22-31-32-27(33(22)4)37-16-24(35)29-26-30-25(18(3)38-26)20-8-6-5-7-9-20/h5-13,17H,14-16H2,1-4H3,(H,28,34)(H,29,30,35). The second-order valence-electron chi connectivity index (χ2n) is 8.87. The van der Waals surface area contributed by atoms with Gasteiger partial charge in [-0.3, -0.25) is 9.59 Å². The summed E-state index contributed by atoms with van der Waals surface area (Å²) in [6.45, 7) is 6.34. The van der Waals surface area contributed by atoms with Gasteiger partial charge in [0.1, 0.15) is 5.75 Å². The third-order valence-corrected chi connectivity index (χ3v) is 7.61. The molecule has 0 atom stereocenters. The van der Waals surface area contributed by atoms with Crippen molar-refractivity contribution >= 4 is 40.0 Å². The highest BCUT2D eigenvalue weighted by Gasteiger charge is 2.15. The van der Waals surface area contributed by atoms with Crippen LogP contribution >= 0.6 is 23.1 Å². The van der Waals surface area contributed by atoms with Gasteiger partial charge < -0.3 is 19.9 Å². The fraction of sp³-hybridized carbons (Fsp3) is 0.296. The number of hydrogen-bond acceptors (Lipinski definition) is 8. The molecule has 2 N–H and O–H groups in total. The number of aromatic nitrogens is 4. The number of ether oxygens (including phenoxy) is 1. The number of carbonyl (C=O) groups excluding carboxylic acids is 2. The topological polar surface area (TPSA) is 111 Å². The van der Waals surface area contributed by atoms with Crippen LogP contribution in [0.2, 0.25) is 0 Å². The van der Waals surface area contributed by atoms with Crippen molar-refractivity contribution in [3.8, 4) is 17.0 Å². The van der Waals surface area contributed by atoms with Crippen LogP contribution in [0.25, 0.3) is 11.3 Å². The van der Waals surface area contributed by atoms with Gasteiger partial charge >= 0.3 is 0 Å². The second-order valence-corrected chi connectivity index (χ2v) is 11.0. The molecule has 198 valence electrons. The van der Waals surface area contributed by atoms with Crippen molar-refractivity contribution in [2.24, 2.45) is 7.05 Å². The molecule has 2 aromatic heterocycles. The Kier molecular flexibility index (Phi) is 9.14. The first-order chi connectivity index (χ1) is 18.3. The molecule has 2 heterocycles. The second kappa shape index (κ2) is 12.7. The molecular formula is C27H30N6O3S2. The Hall–Kier alpha value is -3.70. The number of anilines is 1. The van der Waals surface area contributed by atoms with Crippen LogP contribution in [-0.4, -0.2) is 43.9 Å². The van der Waals surface area contributed by atoms with E-state index in [0.717, 1.165) is 16.1 Å². The molecule has 0 saturated heterocycles. The Morgan fingerprint density at radius 1 is 1.05 bits per heavy atom. The summed E-state index contributed by atoms with van der Waals surface area (Å²) in [5.74, 6) is 1.37. The summed E-state index contributed by atoms with van der Waals surface area (Å²) in [4.78, 5) is 30.4. The molecule has 9 nitrogen and oxygen atoms in total. The molecular weight excluding hydrogens is 520 g/mol. The van der Waals surface area contributed by atoms with E-state index >= 15 is 0 Å². The van der Waals surface area contributed by atoms with Gasteiger partial charge in [-0.15, -0.1) is 21.5 Å². The fourth-order valence-corrected chi connectivity index (χ4v) is 5.13. The smallest absolute Gasteiger partial charge is 0.258 e. The lowest BCUT2D eigenvalue weighted by Gasteiger charge is -2.09. The van der Waals surface area contributed by atoms with Crippen molar-refractivity contribution in [1.82, 2.24) is 25.1 Å². The van der Waals surface area contributed by atoms with E-state index in [-0.39, 0.29) is 30.7 Å². The molecule has 11 heteroatoms. The number of nitrogens with zero attached hydrogens (tertiary/aromatic N) is 4. The Morgan fingerprint density at radius 3 is 2.50 bits per heavy atom. The summed E-state index contributed by atoms with van der Waals surface area (Å²) in [5.41, 5.74) is 3.10.